The minimum absolute atomic E-state index is 0. The molecule has 2 N–H and O–H groups in total. The third-order valence-corrected chi connectivity index (χ3v) is 6.44. The molecule has 2 saturated carbocycles. The van der Waals surface area contributed by atoms with Crippen molar-refractivity contribution in [2.75, 3.05) is 19.7 Å². The van der Waals surface area contributed by atoms with E-state index in [4.69, 9.17) is 4.74 Å². The molecular weight excluding hydrogens is 504 g/mol. The van der Waals surface area contributed by atoms with Crippen molar-refractivity contribution in [1.29, 1.82) is 0 Å². The highest BCUT2D eigenvalue weighted by molar-refractivity contribution is 14.0. The third-order valence-electron chi connectivity index (χ3n) is 5.53. The molecule has 0 bridgehead atoms. The SMILES string of the molecule is CCNC(=NCCc1nc(C(F)(F)F)cs1)NC1CC(OCC)C12CCC2.I. The number of guanidine groups is 1. The van der Waals surface area contributed by atoms with Crippen molar-refractivity contribution in [1.82, 2.24) is 15.6 Å². The fourth-order valence-corrected chi connectivity index (χ4v) is 4.74. The highest BCUT2D eigenvalue weighted by Crippen LogP contribution is 2.57. The lowest BCUT2D eigenvalue weighted by Gasteiger charge is -2.61. The Bertz CT molecular complexity index is 664. The number of ether oxygens (including phenoxy) is 1. The lowest BCUT2D eigenvalue weighted by Crippen LogP contribution is -2.68. The van der Waals surface area contributed by atoms with Gasteiger partial charge >= 0.3 is 6.18 Å². The standard InChI is InChI=1S/C18H27F3N4OS.HI/c1-3-22-16(23-9-6-15-24-13(11-27-15)18(19,20)21)25-12-10-14(26-4-2)17(12)7-5-8-17;/h11-12,14H,3-10H2,1-2H3,(H2,22,23,25);1H. The first-order valence-electron chi connectivity index (χ1n) is 9.57. The average Bonchev–Trinajstić information content (AvgIpc) is 3.01. The molecule has 2 atom stereocenters. The lowest BCUT2D eigenvalue weighted by atomic mass is 9.51. The van der Waals surface area contributed by atoms with Crippen LogP contribution in [0.1, 0.15) is 50.2 Å². The molecule has 2 unspecified atom stereocenters. The molecule has 2 fully saturated rings. The number of alkyl halides is 3. The zero-order valence-corrected chi connectivity index (χ0v) is 19.3. The normalized spacial score (nSPS) is 23.5. The zero-order chi connectivity index (χ0) is 19.5. The molecule has 3 rings (SSSR count). The van der Waals surface area contributed by atoms with E-state index in [1.165, 1.54) is 19.3 Å². The molecule has 1 aromatic heterocycles. The van der Waals surface area contributed by atoms with Gasteiger partial charge in [-0.05, 0) is 33.1 Å². The molecular formula is C18H28F3IN4OS. The second-order valence-corrected chi connectivity index (χ2v) is 8.04. The Morgan fingerprint density at radius 1 is 1.39 bits per heavy atom. The van der Waals surface area contributed by atoms with Gasteiger partial charge in [-0.15, -0.1) is 35.3 Å². The molecule has 10 heteroatoms. The average molecular weight is 532 g/mol. The van der Waals surface area contributed by atoms with Crippen molar-refractivity contribution in [3.05, 3.63) is 16.1 Å². The van der Waals surface area contributed by atoms with E-state index < -0.39 is 11.9 Å². The van der Waals surface area contributed by atoms with Crippen LogP contribution in [0, 0.1) is 5.41 Å². The smallest absolute Gasteiger partial charge is 0.378 e. The van der Waals surface area contributed by atoms with E-state index in [0.717, 1.165) is 42.2 Å². The molecule has 1 heterocycles. The van der Waals surface area contributed by atoms with Gasteiger partial charge in [-0.2, -0.15) is 13.2 Å². The summed E-state index contributed by atoms with van der Waals surface area (Å²) in [5.41, 5.74) is -0.594. The summed E-state index contributed by atoms with van der Waals surface area (Å²) < 4.78 is 43.8. The lowest BCUT2D eigenvalue weighted by molar-refractivity contribution is -0.168. The predicted molar refractivity (Wildman–Crippen MR) is 115 cm³/mol. The summed E-state index contributed by atoms with van der Waals surface area (Å²) in [6.45, 7) is 5.89. The van der Waals surface area contributed by atoms with Crippen molar-refractivity contribution < 1.29 is 17.9 Å². The van der Waals surface area contributed by atoms with Crippen LogP contribution in [-0.4, -0.2) is 42.8 Å². The Labute approximate surface area is 185 Å². The van der Waals surface area contributed by atoms with Crippen molar-refractivity contribution in [3.63, 3.8) is 0 Å². The maximum absolute atomic E-state index is 12.6. The van der Waals surface area contributed by atoms with Crippen LogP contribution in [0.2, 0.25) is 0 Å². The summed E-state index contributed by atoms with van der Waals surface area (Å²) in [4.78, 5) is 8.19. The van der Waals surface area contributed by atoms with Gasteiger partial charge in [0.2, 0.25) is 0 Å². The minimum atomic E-state index is -4.38. The summed E-state index contributed by atoms with van der Waals surface area (Å²) in [5.74, 6) is 0.719. The van der Waals surface area contributed by atoms with Crippen LogP contribution < -0.4 is 10.6 Å². The van der Waals surface area contributed by atoms with Gasteiger partial charge in [0.05, 0.1) is 11.1 Å². The van der Waals surface area contributed by atoms with Crippen LogP contribution >= 0.6 is 35.3 Å². The van der Waals surface area contributed by atoms with E-state index in [-0.39, 0.29) is 29.4 Å². The molecule has 1 spiro atoms. The van der Waals surface area contributed by atoms with Crippen molar-refractivity contribution >= 4 is 41.3 Å². The van der Waals surface area contributed by atoms with E-state index in [1.54, 1.807) is 0 Å². The topological polar surface area (TPSA) is 58.5 Å². The number of nitrogens with one attached hydrogen (secondary N) is 2. The van der Waals surface area contributed by atoms with E-state index in [9.17, 15) is 13.2 Å². The molecule has 2 aliphatic carbocycles. The monoisotopic (exact) mass is 532 g/mol. The minimum Gasteiger partial charge on any atom is -0.378 e. The molecule has 0 amide bonds. The summed E-state index contributed by atoms with van der Waals surface area (Å²) in [6, 6.07) is 0.345. The summed E-state index contributed by atoms with van der Waals surface area (Å²) in [6.07, 6.45) is 0.900. The molecule has 0 saturated heterocycles. The van der Waals surface area contributed by atoms with E-state index in [0.29, 0.717) is 30.1 Å². The highest BCUT2D eigenvalue weighted by Gasteiger charge is 2.59. The Morgan fingerprint density at radius 2 is 2.14 bits per heavy atom. The van der Waals surface area contributed by atoms with E-state index >= 15 is 0 Å². The molecule has 0 aliphatic heterocycles. The van der Waals surface area contributed by atoms with Gasteiger partial charge in [0.15, 0.2) is 11.7 Å². The molecule has 28 heavy (non-hydrogen) atoms. The molecule has 5 nitrogen and oxygen atoms in total. The molecule has 1 aromatic rings. The predicted octanol–water partition coefficient (Wildman–Crippen LogP) is 4.23. The Morgan fingerprint density at radius 3 is 2.68 bits per heavy atom. The van der Waals surface area contributed by atoms with Crippen molar-refractivity contribution in [2.24, 2.45) is 10.4 Å². The van der Waals surface area contributed by atoms with Gasteiger partial charge in [0.25, 0.3) is 0 Å². The second kappa shape index (κ2) is 9.92. The van der Waals surface area contributed by atoms with Crippen molar-refractivity contribution in [3.8, 4) is 0 Å². The molecule has 2 aliphatic rings. The zero-order valence-electron chi connectivity index (χ0n) is 16.1. The quantitative estimate of drug-likeness (QED) is 0.314. The Kier molecular flexibility index (Phi) is 8.38. The van der Waals surface area contributed by atoms with Crippen molar-refractivity contribution in [2.45, 2.75) is 64.3 Å². The Balaban J connectivity index is 0.00000280. The van der Waals surface area contributed by atoms with Crippen LogP contribution in [0.15, 0.2) is 10.4 Å². The molecule has 160 valence electrons. The summed E-state index contributed by atoms with van der Waals surface area (Å²) >= 11 is 1.03. The number of halogens is 4. The highest BCUT2D eigenvalue weighted by atomic mass is 127. The van der Waals surface area contributed by atoms with Gasteiger partial charge in [-0.25, -0.2) is 4.98 Å². The summed E-state index contributed by atoms with van der Waals surface area (Å²) in [7, 11) is 0. The number of hydrogen-bond donors (Lipinski definition) is 2. The van der Waals surface area contributed by atoms with Gasteiger partial charge < -0.3 is 15.4 Å². The van der Waals surface area contributed by atoms with E-state index in [1.807, 2.05) is 13.8 Å². The van der Waals surface area contributed by atoms with Gasteiger partial charge in [-0.3, -0.25) is 4.99 Å². The number of rotatable bonds is 7. The Hall–Kier alpha value is -0.620. The number of thiazole rings is 1. The fourth-order valence-electron chi connectivity index (χ4n) is 3.95. The van der Waals surface area contributed by atoms with Gasteiger partial charge in [0, 0.05) is 43.0 Å². The first-order valence-corrected chi connectivity index (χ1v) is 10.4. The van der Waals surface area contributed by atoms with Gasteiger partial charge in [0.1, 0.15) is 0 Å². The van der Waals surface area contributed by atoms with Crippen LogP contribution in [-0.2, 0) is 17.3 Å². The van der Waals surface area contributed by atoms with Gasteiger partial charge in [-0.1, -0.05) is 6.42 Å². The molecule has 0 radical (unpaired) electrons. The maximum atomic E-state index is 12.6. The van der Waals surface area contributed by atoms with Crippen LogP contribution in [0.4, 0.5) is 13.2 Å². The maximum Gasteiger partial charge on any atom is 0.434 e. The number of nitrogens with zero attached hydrogens (tertiary/aromatic N) is 2. The van der Waals surface area contributed by atoms with E-state index in [2.05, 4.69) is 20.6 Å². The first kappa shape index (κ1) is 23.7. The number of aromatic nitrogens is 1. The second-order valence-electron chi connectivity index (χ2n) is 7.10. The first-order chi connectivity index (χ1) is 12.9. The molecule has 0 aromatic carbocycles. The third kappa shape index (κ3) is 5.10. The largest absolute Gasteiger partial charge is 0.434 e. The van der Waals surface area contributed by atoms with Crippen LogP contribution in [0.5, 0.6) is 0 Å². The van der Waals surface area contributed by atoms with Crippen LogP contribution in [0.3, 0.4) is 0 Å². The number of aliphatic imine (C=N–C) groups is 1. The number of hydrogen-bond acceptors (Lipinski definition) is 4. The van der Waals surface area contributed by atoms with Crippen LogP contribution in [0.25, 0.3) is 0 Å². The summed E-state index contributed by atoms with van der Waals surface area (Å²) in [5, 5.41) is 8.26. The fraction of sp³-hybridized carbons (Fsp3) is 0.778.